The van der Waals surface area contributed by atoms with E-state index in [0.29, 0.717) is 16.3 Å². The summed E-state index contributed by atoms with van der Waals surface area (Å²) in [4.78, 5) is 35.9. The average molecular weight is 361 g/mol. The maximum Gasteiger partial charge on any atom is 0.261 e. The van der Waals surface area contributed by atoms with Crippen LogP contribution in [0.25, 0.3) is 0 Å². The minimum atomic E-state index is -0.448. The number of carbonyl (C=O) groups excluding carboxylic acids is 3. The Hall–Kier alpha value is -2.87. The standard InChI is InChI=1S/C17H19N3O4S/c1-11-5-6-13(24-2)12(8-11)20-16(22)10-18-15(21)9-19-17(23)14-4-3-7-25-14/h3-8H,9-10H2,1-2H3,(H,18,21)(H,19,23)(H,20,22). The number of aryl methyl sites for hydroxylation is 1. The summed E-state index contributed by atoms with van der Waals surface area (Å²) in [6.07, 6.45) is 0. The summed E-state index contributed by atoms with van der Waals surface area (Å²) in [6.45, 7) is 1.50. The van der Waals surface area contributed by atoms with Gasteiger partial charge in [-0.05, 0) is 36.1 Å². The average Bonchev–Trinajstić information content (AvgIpc) is 3.13. The second-order valence-electron chi connectivity index (χ2n) is 5.19. The summed E-state index contributed by atoms with van der Waals surface area (Å²) < 4.78 is 5.18. The van der Waals surface area contributed by atoms with Crippen molar-refractivity contribution in [3.63, 3.8) is 0 Å². The zero-order valence-corrected chi connectivity index (χ0v) is 14.7. The third kappa shape index (κ3) is 5.61. The highest BCUT2D eigenvalue weighted by Crippen LogP contribution is 2.24. The lowest BCUT2D eigenvalue weighted by Gasteiger charge is -2.11. The molecule has 1 aromatic carbocycles. The van der Waals surface area contributed by atoms with Crippen LogP contribution in [0.4, 0.5) is 5.69 Å². The van der Waals surface area contributed by atoms with Gasteiger partial charge in [0, 0.05) is 0 Å². The molecule has 0 saturated heterocycles. The van der Waals surface area contributed by atoms with Crippen LogP contribution in [0.15, 0.2) is 35.7 Å². The maximum atomic E-state index is 12.0. The van der Waals surface area contributed by atoms with E-state index < -0.39 is 5.91 Å². The van der Waals surface area contributed by atoms with Crippen LogP contribution in [0.3, 0.4) is 0 Å². The van der Waals surface area contributed by atoms with Crippen LogP contribution >= 0.6 is 11.3 Å². The first-order chi connectivity index (χ1) is 12.0. The van der Waals surface area contributed by atoms with Crippen molar-refractivity contribution >= 4 is 34.7 Å². The van der Waals surface area contributed by atoms with Crippen LogP contribution < -0.4 is 20.7 Å². The fraction of sp³-hybridized carbons (Fsp3) is 0.235. The number of rotatable bonds is 7. The molecule has 0 spiro atoms. The minimum absolute atomic E-state index is 0.197. The second kappa shape index (κ2) is 8.84. The van der Waals surface area contributed by atoms with Gasteiger partial charge in [-0.1, -0.05) is 12.1 Å². The molecule has 0 atom stereocenters. The molecule has 0 aliphatic heterocycles. The predicted octanol–water partition coefficient (Wildman–Crippen LogP) is 1.55. The van der Waals surface area contributed by atoms with Crippen LogP contribution in [0, 0.1) is 6.92 Å². The molecule has 0 fully saturated rings. The Balaban J connectivity index is 1.77. The first-order valence-corrected chi connectivity index (χ1v) is 8.40. The number of carbonyl (C=O) groups is 3. The van der Waals surface area contributed by atoms with Crippen molar-refractivity contribution in [2.24, 2.45) is 0 Å². The molecule has 7 nitrogen and oxygen atoms in total. The number of thiophene rings is 1. The molecule has 0 saturated carbocycles. The van der Waals surface area contributed by atoms with Gasteiger partial charge in [-0.2, -0.15) is 0 Å². The molecule has 0 aliphatic rings. The lowest BCUT2D eigenvalue weighted by molar-refractivity contribution is -0.123. The van der Waals surface area contributed by atoms with Crippen LogP contribution in [-0.2, 0) is 9.59 Å². The van der Waals surface area contributed by atoms with Crippen molar-refractivity contribution < 1.29 is 19.1 Å². The summed E-state index contributed by atoms with van der Waals surface area (Å²) in [5, 5.41) is 9.40. The molecule has 0 bridgehead atoms. The topological polar surface area (TPSA) is 96.5 Å². The molecule has 0 aliphatic carbocycles. The molecule has 132 valence electrons. The molecule has 25 heavy (non-hydrogen) atoms. The van der Waals surface area contributed by atoms with E-state index in [0.717, 1.165) is 5.56 Å². The molecular weight excluding hydrogens is 342 g/mol. The summed E-state index contributed by atoms with van der Waals surface area (Å²) in [7, 11) is 1.51. The third-order valence-corrected chi connectivity index (χ3v) is 4.10. The fourth-order valence-electron chi connectivity index (χ4n) is 2.01. The molecule has 1 heterocycles. The van der Waals surface area contributed by atoms with Gasteiger partial charge in [0.2, 0.25) is 11.8 Å². The van der Waals surface area contributed by atoms with Crippen LogP contribution in [0.5, 0.6) is 5.75 Å². The molecule has 2 aromatic rings. The second-order valence-corrected chi connectivity index (χ2v) is 6.14. The highest BCUT2D eigenvalue weighted by molar-refractivity contribution is 7.12. The molecule has 0 unspecified atom stereocenters. The Morgan fingerprint density at radius 3 is 2.52 bits per heavy atom. The minimum Gasteiger partial charge on any atom is -0.495 e. The monoisotopic (exact) mass is 361 g/mol. The van der Waals surface area contributed by atoms with E-state index in [1.807, 2.05) is 13.0 Å². The van der Waals surface area contributed by atoms with Gasteiger partial charge in [0.05, 0.1) is 30.8 Å². The Morgan fingerprint density at radius 2 is 1.84 bits per heavy atom. The van der Waals surface area contributed by atoms with Crippen molar-refractivity contribution in [2.75, 3.05) is 25.5 Å². The summed E-state index contributed by atoms with van der Waals surface area (Å²) >= 11 is 1.29. The third-order valence-electron chi connectivity index (χ3n) is 3.23. The highest BCUT2D eigenvalue weighted by Gasteiger charge is 2.11. The number of hydrogen-bond donors (Lipinski definition) is 3. The quantitative estimate of drug-likeness (QED) is 0.697. The summed E-state index contributed by atoms with van der Waals surface area (Å²) in [6, 6.07) is 8.82. The van der Waals surface area contributed by atoms with E-state index in [4.69, 9.17) is 4.74 Å². The molecule has 2 rings (SSSR count). The van der Waals surface area contributed by atoms with Crippen molar-refractivity contribution in [1.29, 1.82) is 0 Å². The Labute approximate surface area is 149 Å². The zero-order chi connectivity index (χ0) is 18.2. The Morgan fingerprint density at radius 1 is 1.08 bits per heavy atom. The Kier molecular flexibility index (Phi) is 6.53. The van der Waals surface area contributed by atoms with Gasteiger partial charge in [0.15, 0.2) is 0 Å². The molecule has 1 aromatic heterocycles. The van der Waals surface area contributed by atoms with Crippen LogP contribution in [0.2, 0.25) is 0 Å². The first kappa shape index (κ1) is 18.5. The van der Waals surface area contributed by atoms with Gasteiger partial charge < -0.3 is 20.7 Å². The van der Waals surface area contributed by atoms with E-state index in [2.05, 4.69) is 16.0 Å². The molecule has 3 N–H and O–H groups in total. The molecule has 3 amide bonds. The van der Waals surface area contributed by atoms with Crippen LogP contribution in [-0.4, -0.2) is 37.9 Å². The number of ether oxygens (including phenoxy) is 1. The van der Waals surface area contributed by atoms with E-state index in [-0.39, 0.29) is 24.9 Å². The number of hydrogen-bond acceptors (Lipinski definition) is 5. The van der Waals surface area contributed by atoms with Gasteiger partial charge in [0.25, 0.3) is 5.91 Å². The largest absolute Gasteiger partial charge is 0.495 e. The number of amides is 3. The molecule has 0 radical (unpaired) electrons. The van der Waals surface area contributed by atoms with Crippen molar-refractivity contribution in [3.8, 4) is 5.75 Å². The van der Waals surface area contributed by atoms with E-state index >= 15 is 0 Å². The lowest BCUT2D eigenvalue weighted by Crippen LogP contribution is -2.40. The van der Waals surface area contributed by atoms with E-state index in [1.54, 1.807) is 29.6 Å². The maximum absolute atomic E-state index is 12.0. The van der Waals surface area contributed by atoms with Gasteiger partial charge in [-0.25, -0.2) is 0 Å². The van der Waals surface area contributed by atoms with Gasteiger partial charge in [-0.3, -0.25) is 14.4 Å². The van der Waals surface area contributed by atoms with Crippen molar-refractivity contribution in [1.82, 2.24) is 10.6 Å². The van der Waals surface area contributed by atoms with Gasteiger partial charge >= 0.3 is 0 Å². The Bertz CT molecular complexity index is 759. The number of nitrogens with one attached hydrogen (secondary N) is 3. The highest BCUT2D eigenvalue weighted by atomic mass is 32.1. The SMILES string of the molecule is COc1ccc(C)cc1NC(=O)CNC(=O)CNC(=O)c1cccs1. The molecule has 8 heteroatoms. The number of benzene rings is 1. The first-order valence-electron chi connectivity index (χ1n) is 7.52. The summed E-state index contributed by atoms with van der Waals surface area (Å²) in [5.41, 5.74) is 1.50. The smallest absolute Gasteiger partial charge is 0.261 e. The molecular formula is C17H19N3O4S. The van der Waals surface area contributed by atoms with E-state index in [1.165, 1.54) is 18.4 Å². The van der Waals surface area contributed by atoms with Crippen molar-refractivity contribution in [3.05, 3.63) is 46.2 Å². The fourth-order valence-corrected chi connectivity index (χ4v) is 2.65. The lowest BCUT2D eigenvalue weighted by atomic mass is 10.2. The van der Waals surface area contributed by atoms with Gasteiger partial charge in [-0.15, -0.1) is 11.3 Å². The predicted molar refractivity (Wildman–Crippen MR) is 96.0 cm³/mol. The summed E-state index contributed by atoms with van der Waals surface area (Å²) in [5.74, 6) is -0.620. The van der Waals surface area contributed by atoms with Crippen LogP contribution in [0.1, 0.15) is 15.2 Å². The van der Waals surface area contributed by atoms with Gasteiger partial charge in [0.1, 0.15) is 5.75 Å². The van der Waals surface area contributed by atoms with E-state index in [9.17, 15) is 14.4 Å². The zero-order valence-electron chi connectivity index (χ0n) is 13.9. The number of methoxy groups -OCH3 is 1. The normalized spacial score (nSPS) is 10.0. The van der Waals surface area contributed by atoms with Crippen molar-refractivity contribution in [2.45, 2.75) is 6.92 Å². The number of anilines is 1.